The topological polar surface area (TPSA) is 18.5 Å². The van der Waals surface area contributed by atoms with Gasteiger partial charge in [-0.25, -0.2) is 0 Å². The molecule has 0 atom stereocenters. The summed E-state index contributed by atoms with van der Waals surface area (Å²) in [5, 5.41) is 0.843. The average Bonchev–Trinajstić information content (AvgIpc) is 3.07. The van der Waals surface area contributed by atoms with E-state index in [2.05, 4.69) is 52.3 Å². The van der Waals surface area contributed by atoms with Crippen molar-refractivity contribution in [1.82, 2.24) is 0 Å². The Morgan fingerprint density at radius 1 is 1.23 bits per heavy atom. The molecule has 1 fully saturated rings. The summed E-state index contributed by atoms with van der Waals surface area (Å²) in [6.45, 7) is 10.3. The highest BCUT2D eigenvalue weighted by atomic mass is 35.5. The second-order valence-corrected chi connectivity index (χ2v) is 8.54. The van der Waals surface area contributed by atoms with Crippen LogP contribution in [0.2, 0.25) is 0 Å². The maximum Gasteiger partial charge on any atom is 0.191 e. The van der Waals surface area contributed by atoms with Gasteiger partial charge in [0.1, 0.15) is 0 Å². The third kappa shape index (κ3) is 4.24. The lowest BCUT2D eigenvalue weighted by atomic mass is 9.70. The van der Waals surface area contributed by atoms with Crippen LogP contribution in [0.3, 0.4) is 0 Å². The van der Waals surface area contributed by atoms with Crippen molar-refractivity contribution in [3.05, 3.63) is 64.1 Å². The summed E-state index contributed by atoms with van der Waals surface area (Å²) < 4.78 is 12.0. The number of rotatable bonds is 4. The Morgan fingerprint density at radius 2 is 1.96 bits per heavy atom. The van der Waals surface area contributed by atoms with Crippen LogP contribution in [0, 0.1) is 11.8 Å². The fourth-order valence-corrected chi connectivity index (χ4v) is 4.23. The predicted octanol–water partition coefficient (Wildman–Crippen LogP) is 6.42. The van der Waals surface area contributed by atoms with Crippen LogP contribution in [-0.4, -0.2) is 19.0 Å². The molecule has 3 rings (SSSR count). The fourth-order valence-electron chi connectivity index (χ4n) is 4.00. The number of halogens is 1. The maximum atomic E-state index is 6.10. The fraction of sp³-hybridized carbons (Fsp3) is 0.522. The summed E-state index contributed by atoms with van der Waals surface area (Å²) in [5.74, 6) is -0.488. The smallest absolute Gasteiger partial charge is 0.191 e. The second-order valence-electron chi connectivity index (χ2n) is 8.11. The van der Waals surface area contributed by atoms with Crippen LogP contribution < -0.4 is 0 Å². The van der Waals surface area contributed by atoms with Crippen molar-refractivity contribution in [3.63, 3.8) is 0 Å². The van der Waals surface area contributed by atoms with Crippen molar-refractivity contribution in [1.29, 1.82) is 0 Å². The minimum Gasteiger partial charge on any atom is -0.344 e. The molecule has 26 heavy (non-hydrogen) atoms. The van der Waals surface area contributed by atoms with E-state index in [-0.39, 0.29) is 5.41 Å². The molecular formula is C23H30ClO2. The average molecular weight is 374 g/mol. The molecule has 0 saturated carbocycles. The molecule has 141 valence electrons. The Hall–Kier alpha value is -1.09. The second kappa shape index (κ2) is 7.88. The zero-order valence-electron chi connectivity index (χ0n) is 16.4. The highest BCUT2D eigenvalue weighted by Crippen LogP contribution is 2.48. The quantitative estimate of drug-likeness (QED) is 0.529. The van der Waals surface area contributed by atoms with Crippen LogP contribution in [0.4, 0.5) is 0 Å². The van der Waals surface area contributed by atoms with Gasteiger partial charge in [-0.3, -0.25) is 0 Å². The molecule has 0 aromatic heterocycles. The minimum absolute atomic E-state index is 0.138. The molecule has 0 unspecified atom stereocenters. The molecule has 1 heterocycles. The first kappa shape index (κ1) is 19.7. The molecule has 0 aromatic rings. The van der Waals surface area contributed by atoms with Crippen LogP contribution in [0.5, 0.6) is 0 Å². The van der Waals surface area contributed by atoms with Gasteiger partial charge in [0.05, 0.1) is 13.2 Å². The van der Waals surface area contributed by atoms with Gasteiger partial charge < -0.3 is 9.47 Å². The summed E-state index contributed by atoms with van der Waals surface area (Å²) in [5.41, 5.74) is 5.25. The molecule has 1 spiro atoms. The van der Waals surface area contributed by atoms with Gasteiger partial charge >= 0.3 is 0 Å². The van der Waals surface area contributed by atoms with E-state index in [9.17, 15) is 0 Å². The molecular weight excluding hydrogens is 344 g/mol. The zero-order chi connectivity index (χ0) is 18.8. The molecule has 1 radical (unpaired) electrons. The van der Waals surface area contributed by atoms with Crippen molar-refractivity contribution < 1.29 is 9.47 Å². The molecule has 2 aliphatic carbocycles. The first-order chi connectivity index (χ1) is 12.3. The number of hydrogen-bond acceptors (Lipinski definition) is 2. The van der Waals surface area contributed by atoms with Gasteiger partial charge in [0.15, 0.2) is 5.79 Å². The maximum absolute atomic E-state index is 6.10. The van der Waals surface area contributed by atoms with Gasteiger partial charge in [-0.05, 0) is 62.2 Å². The Balaban J connectivity index is 1.76. The van der Waals surface area contributed by atoms with E-state index in [1.54, 1.807) is 0 Å². The third-order valence-corrected chi connectivity index (χ3v) is 5.99. The van der Waals surface area contributed by atoms with Crippen LogP contribution in [0.15, 0.2) is 57.7 Å². The molecule has 0 N–H and O–H groups in total. The summed E-state index contributed by atoms with van der Waals surface area (Å²) in [6.07, 6.45) is 16.9. The van der Waals surface area contributed by atoms with Crippen molar-refractivity contribution in [2.45, 2.75) is 59.2 Å². The lowest BCUT2D eigenvalue weighted by molar-refractivity contribution is -0.141. The number of ether oxygens (including phenoxy) is 2. The van der Waals surface area contributed by atoms with Gasteiger partial charge in [-0.1, -0.05) is 60.9 Å². The van der Waals surface area contributed by atoms with Gasteiger partial charge in [0, 0.05) is 11.5 Å². The van der Waals surface area contributed by atoms with Crippen molar-refractivity contribution in [2.24, 2.45) is 5.41 Å². The highest BCUT2D eigenvalue weighted by Gasteiger charge is 2.46. The Bertz CT molecular complexity index is 698. The first-order valence-corrected chi connectivity index (χ1v) is 9.94. The Labute approximate surface area is 163 Å². The van der Waals surface area contributed by atoms with Crippen LogP contribution in [0.25, 0.3) is 0 Å². The van der Waals surface area contributed by atoms with E-state index in [0.717, 1.165) is 30.7 Å². The monoisotopic (exact) mass is 373 g/mol. The van der Waals surface area contributed by atoms with Gasteiger partial charge in [-0.2, -0.15) is 0 Å². The third-order valence-electron chi connectivity index (χ3n) is 5.73. The summed E-state index contributed by atoms with van der Waals surface area (Å²) in [6, 6.07) is 0. The molecule has 2 nitrogen and oxygen atoms in total. The molecule has 0 aromatic carbocycles. The predicted molar refractivity (Wildman–Crippen MR) is 109 cm³/mol. The Morgan fingerprint density at radius 3 is 2.65 bits per heavy atom. The largest absolute Gasteiger partial charge is 0.344 e. The lowest BCUT2D eigenvalue weighted by Gasteiger charge is -2.42. The number of allylic oxidation sites excluding steroid dienone is 9. The molecule has 0 bridgehead atoms. The molecule has 1 saturated heterocycles. The molecule has 0 amide bonds. The molecule has 1 aliphatic heterocycles. The SMILES string of the molecule is CC(C=CC1=C(C)C2(CCC1(C)C)OCCO2)=CCC1=CC(Cl)=CC[CH]1. The standard InChI is InChI=1S/C23H30ClO2/c1-17(8-10-19-6-5-7-20(24)16-19)9-11-21-18(2)23(25-14-15-26-23)13-12-22(21,3)4/h6-9,11,16H,5,10,12-15H2,1-4H3. The summed E-state index contributed by atoms with van der Waals surface area (Å²) in [7, 11) is 0. The minimum atomic E-state index is -0.488. The van der Waals surface area contributed by atoms with E-state index in [1.165, 1.54) is 22.3 Å². The van der Waals surface area contributed by atoms with E-state index in [1.807, 2.05) is 12.2 Å². The highest BCUT2D eigenvalue weighted by molar-refractivity contribution is 6.31. The van der Waals surface area contributed by atoms with Crippen LogP contribution in [-0.2, 0) is 9.47 Å². The van der Waals surface area contributed by atoms with Gasteiger partial charge in [0.2, 0.25) is 0 Å². The lowest BCUT2D eigenvalue weighted by Crippen LogP contribution is -2.39. The van der Waals surface area contributed by atoms with Crippen LogP contribution >= 0.6 is 11.6 Å². The molecule has 3 aliphatic rings. The summed E-state index contributed by atoms with van der Waals surface area (Å²) in [4.78, 5) is 0. The van der Waals surface area contributed by atoms with E-state index in [4.69, 9.17) is 21.1 Å². The zero-order valence-corrected chi connectivity index (χ0v) is 17.2. The van der Waals surface area contributed by atoms with Gasteiger partial charge in [0.25, 0.3) is 0 Å². The Kier molecular flexibility index (Phi) is 5.96. The number of hydrogen-bond donors (Lipinski definition) is 0. The van der Waals surface area contributed by atoms with E-state index < -0.39 is 5.79 Å². The van der Waals surface area contributed by atoms with Crippen molar-refractivity contribution in [3.8, 4) is 0 Å². The van der Waals surface area contributed by atoms with E-state index >= 15 is 0 Å². The summed E-state index contributed by atoms with van der Waals surface area (Å²) >= 11 is 6.10. The first-order valence-electron chi connectivity index (χ1n) is 9.56. The van der Waals surface area contributed by atoms with Gasteiger partial charge in [-0.15, -0.1) is 0 Å². The molecule has 3 heteroatoms. The van der Waals surface area contributed by atoms with Crippen molar-refractivity contribution >= 4 is 11.6 Å². The van der Waals surface area contributed by atoms with Crippen LogP contribution in [0.1, 0.15) is 53.4 Å². The van der Waals surface area contributed by atoms with Crippen molar-refractivity contribution in [2.75, 3.05) is 13.2 Å². The normalized spacial score (nSPS) is 25.8. The van der Waals surface area contributed by atoms with E-state index in [0.29, 0.717) is 13.2 Å².